The van der Waals surface area contributed by atoms with E-state index < -0.39 is 0 Å². The summed E-state index contributed by atoms with van der Waals surface area (Å²) in [6, 6.07) is 18.6. The maximum atomic E-state index is 5.79. The third kappa shape index (κ3) is 4.18. The van der Waals surface area contributed by atoms with E-state index in [2.05, 4.69) is 40.8 Å². The Morgan fingerprint density at radius 1 is 1.11 bits per heavy atom. The molecule has 1 aromatic heterocycles. The van der Waals surface area contributed by atoms with E-state index in [1.807, 2.05) is 41.9 Å². The summed E-state index contributed by atoms with van der Waals surface area (Å²) in [5, 5.41) is 4.88. The summed E-state index contributed by atoms with van der Waals surface area (Å²) in [5.74, 6) is 2.53. The molecule has 4 rings (SSSR count). The molecule has 0 atom stereocenters. The normalized spacial score (nSPS) is 13.8. The van der Waals surface area contributed by atoms with Crippen molar-refractivity contribution in [3.05, 3.63) is 70.8 Å². The van der Waals surface area contributed by atoms with Gasteiger partial charge in [-0.25, -0.2) is 4.68 Å². The second kappa shape index (κ2) is 8.29. The molecule has 28 heavy (non-hydrogen) atoms. The lowest BCUT2D eigenvalue weighted by molar-refractivity contribution is 0.243. The second-order valence-electron chi connectivity index (χ2n) is 7.32. The van der Waals surface area contributed by atoms with E-state index in [1.165, 1.54) is 18.4 Å². The largest absolute Gasteiger partial charge is 0.494 e. The van der Waals surface area contributed by atoms with E-state index in [1.54, 1.807) is 0 Å². The maximum absolute atomic E-state index is 5.79. The van der Waals surface area contributed by atoms with Crippen LogP contribution in [0.15, 0.2) is 54.6 Å². The molecule has 0 saturated heterocycles. The van der Waals surface area contributed by atoms with Crippen molar-refractivity contribution in [2.24, 2.45) is 0 Å². The molecule has 0 N–H and O–H groups in total. The molecular weight excluding hydrogens is 368 g/mol. The molecule has 3 aromatic rings. The lowest BCUT2D eigenvalue weighted by atomic mass is 10.2. The summed E-state index contributed by atoms with van der Waals surface area (Å²) in [7, 11) is 2.09. The monoisotopic (exact) mass is 394 g/mol. The highest BCUT2D eigenvalue weighted by Gasteiger charge is 2.30. The Labute approximate surface area is 171 Å². The van der Waals surface area contributed by atoms with Crippen LogP contribution in [0.3, 0.4) is 0 Å². The first-order valence-electron chi connectivity index (χ1n) is 9.81. The van der Waals surface area contributed by atoms with Crippen LogP contribution in [-0.4, -0.2) is 32.9 Å². The zero-order valence-corrected chi connectivity index (χ0v) is 17.2. The minimum atomic E-state index is 0.527. The van der Waals surface area contributed by atoms with Crippen LogP contribution in [0.4, 0.5) is 0 Å². The molecule has 146 valence electrons. The van der Waals surface area contributed by atoms with E-state index in [-0.39, 0.29) is 0 Å². The van der Waals surface area contributed by atoms with Crippen LogP contribution >= 0.6 is 12.2 Å². The fraction of sp³-hybridized carbons (Fsp3) is 0.364. The lowest BCUT2D eigenvalue weighted by Gasteiger charge is -2.16. The van der Waals surface area contributed by atoms with Crippen molar-refractivity contribution in [1.29, 1.82) is 0 Å². The second-order valence-corrected chi connectivity index (χ2v) is 7.68. The minimum absolute atomic E-state index is 0.527. The fourth-order valence-electron chi connectivity index (χ4n) is 3.39. The molecule has 1 saturated carbocycles. The number of hydrogen-bond donors (Lipinski definition) is 0. The first-order chi connectivity index (χ1) is 13.7. The van der Waals surface area contributed by atoms with E-state index in [0.717, 1.165) is 28.6 Å². The molecule has 0 bridgehead atoms. The van der Waals surface area contributed by atoms with E-state index in [0.29, 0.717) is 19.2 Å². The molecule has 6 heteroatoms. The van der Waals surface area contributed by atoms with Crippen LogP contribution in [0, 0.1) is 4.77 Å². The van der Waals surface area contributed by atoms with Crippen molar-refractivity contribution >= 4 is 12.2 Å². The van der Waals surface area contributed by atoms with Gasteiger partial charge in [0.05, 0.1) is 13.3 Å². The van der Waals surface area contributed by atoms with Gasteiger partial charge in [-0.2, -0.15) is 5.10 Å². The highest BCUT2D eigenvalue weighted by atomic mass is 32.1. The number of nitrogens with zero attached hydrogens (tertiary/aromatic N) is 4. The van der Waals surface area contributed by atoms with Crippen LogP contribution in [0.1, 0.15) is 37.1 Å². The van der Waals surface area contributed by atoms with Crippen molar-refractivity contribution in [1.82, 2.24) is 19.2 Å². The minimum Gasteiger partial charge on any atom is -0.494 e. The van der Waals surface area contributed by atoms with Crippen LogP contribution in [-0.2, 0) is 13.2 Å². The lowest BCUT2D eigenvalue weighted by Crippen LogP contribution is -2.22. The Kier molecular flexibility index (Phi) is 5.59. The molecule has 5 nitrogen and oxygen atoms in total. The molecule has 1 aliphatic rings. The van der Waals surface area contributed by atoms with Crippen molar-refractivity contribution in [2.45, 2.75) is 38.9 Å². The van der Waals surface area contributed by atoms with E-state index in [4.69, 9.17) is 22.1 Å². The number of benzene rings is 2. The van der Waals surface area contributed by atoms with Gasteiger partial charge in [-0.05, 0) is 68.9 Å². The summed E-state index contributed by atoms with van der Waals surface area (Å²) >= 11 is 5.79. The van der Waals surface area contributed by atoms with Crippen LogP contribution in [0.25, 0.3) is 5.69 Å². The first kappa shape index (κ1) is 18.9. The van der Waals surface area contributed by atoms with Crippen LogP contribution in [0.5, 0.6) is 5.75 Å². The Hall–Kier alpha value is -2.44. The number of rotatable bonds is 8. The highest BCUT2D eigenvalue weighted by Crippen LogP contribution is 2.40. The SMILES string of the molecule is CCOc1ccc(CN(C)Cn2nc(C3CC3)n(-c3ccccc3)c2=S)cc1. The summed E-state index contributed by atoms with van der Waals surface area (Å²) in [6.45, 7) is 4.16. The summed E-state index contributed by atoms with van der Waals surface area (Å²) in [4.78, 5) is 2.23. The number of aromatic nitrogens is 3. The molecule has 1 fully saturated rings. The standard InChI is InChI=1S/C22H26N4OS/c1-3-27-20-13-9-17(10-14-20)15-24(2)16-25-22(28)26(19-7-5-4-6-8-19)21(23-25)18-11-12-18/h4-10,13-14,18H,3,11-12,15-16H2,1-2H3. The van der Waals surface area contributed by atoms with Crippen LogP contribution < -0.4 is 4.74 Å². The van der Waals surface area contributed by atoms with Gasteiger partial charge in [-0.1, -0.05) is 30.3 Å². The Bertz CT molecular complexity index is 974. The molecule has 0 radical (unpaired) electrons. The van der Waals surface area contributed by atoms with Gasteiger partial charge in [0.15, 0.2) is 0 Å². The molecule has 1 aliphatic carbocycles. The predicted molar refractivity (Wildman–Crippen MR) is 113 cm³/mol. The van der Waals surface area contributed by atoms with Gasteiger partial charge < -0.3 is 4.74 Å². The summed E-state index contributed by atoms with van der Waals surface area (Å²) < 4.78 is 10.4. The van der Waals surface area contributed by atoms with Crippen molar-refractivity contribution < 1.29 is 4.74 Å². The van der Waals surface area contributed by atoms with Crippen LogP contribution in [0.2, 0.25) is 0 Å². The number of para-hydroxylation sites is 1. The molecule has 0 aliphatic heterocycles. The zero-order valence-electron chi connectivity index (χ0n) is 16.4. The topological polar surface area (TPSA) is 35.2 Å². The third-order valence-electron chi connectivity index (χ3n) is 4.88. The Morgan fingerprint density at radius 2 is 1.82 bits per heavy atom. The van der Waals surface area contributed by atoms with Gasteiger partial charge in [0.1, 0.15) is 11.6 Å². The zero-order chi connectivity index (χ0) is 19.5. The van der Waals surface area contributed by atoms with Crippen molar-refractivity contribution in [3.63, 3.8) is 0 Å². The highest BCUT2D eigenvalue weighted by molar-refractivity contribution is 7.71. The average molecular weight is 395 g/mol. The maximum Gasteiger partial charge on any atom is 0.203 e. The van der Waals surface area contributed by atoms with Gasteiger partial charge in [-0.3, -0.25) is 9.47 Å². The van der Waals surface area contributed by atoms with Gasteiger partial charge in [-0.15, -0.1) is 0 Å². The average Bonchev–Trinajstić information content (AvgIpc) is 3.50. The molecule has 2 aromatic carbocycles. The first-order valence-corrected chi connectivity index (χ1v) is 10.2. The third-order valence-corrected chi connectivity index (χ3v) is 5.28. The molecular formula is C22H26N4OS. The summed E-state index contributed by atoms with van der Waals surface area (Å²) in [5.41, 5.74) is 2.33. The summed E-state index contributed by atoms with van der Waals surface area (Å²) in [6.07, 6.45) is 2.39. The Morgan fingerprint density at radius 3 is 2.46 bits per heavy atom. The molecule has 0 amide bonds. The van der Waals surface area contributed by atoms with Gasteiger partial charge >= 0.3 is 0 Å². The van der Waals surface area contributed by atoms with Gasteiger partial charge in [0, 0.05) is 18.2 Å². The number of ether oxygens (including phenoxy) is 1. The number of hydrogen-bond acceptors (Lipinski definition) is 4. The Balaban J connectivity index is 1.52. The fourth-order valence-corrected chi connectivity index (χ4v) is 3.69. The van der Waals surface area contributed by atoms with E-state index >= 15 is 0 Å². The molecule has 1 heterocycles. The van der Waals surface area contributed by atoms with E-state index in [9.17, 15) is 0 Å². The predicted octanol–water partition coefficient (Wildman–Crippen LogP) is 4.77. The molecule has 0 spiro atoms. The van der Waals surface area contributed by atoms with Gasteiger partial charge in [0.2, 0.25) is 4.77 Å². The van der Waals surface area contributed by atoms with Crippen molar-refractivity contribution in [2.75, 3.05) is 13.7 Å². The van der Waals surface area contributed by atoms with Gasteiger partial charge in [0.25, 0.3) is 0 Å². The quantitative estimate of drug-likeness (QED) is 0.516. The molecule has 0 unspecified atom stereocenters. The van der Waals surface area contributed by atoms with Crippen molar-refractivity contribution in [3.8, 4) is 11.4 Å². The smallest absolute Gasteiger partial charge is 0.203 e.